The molecule has 0 aliphatic heterocycles. The monoisotopic (exact) mass is 494 g/mol. The van der Waals surface area contributed by atoms with Gasteiger partial charge in [0.2, 0.25) is 11.3 Å². The molecule has 0 unspecified atom stereocenters. The average Bonchev–Trinajstić information content (AvgIpc) is 3.18. The summed E-state index contributed by atoms with van der Waals surface area (Å²) in [6, 6.07) is 29.6. The fraction of sp³-hybridized carbons (Fsp3) is 0.120. The number of nitrogens with one attached hydrogen (secondary N) is 1. The van der Waals surface area contributed by atoms with E-state index >= 15 is 0 Å². The van der Waals surface area contributed by atoms with E-state index in [4.69, 9.17) is 9.72 Å². The first-order chi connectivity index (χ1) is 14.6. The molecule has 6 heteroatoms. The largest absolute Gasteiger partial charge is 1.00 e. The van der Waals surface area contributed by atoms with Crippen LogP contribution >= 0.6 is 7.26 Å². The summed E-state index contributed by atoms with van der Waals surface area (Å²) in [6.45, 7) is 4.06. The second-order valence-electron chi connectivity index (χ2n) is 7.20. The van der Waals surface area contributed by atoms with E-state index in [1.165, 1.54) is 28.6 Å². The van der Waals surface area contributed by atoms with E-state index in [1.807, 2.05) is 19.1 Å². The van der Waals surface area contributed by atoms with Gasteiger partial charge in [-0.25, -0.2) is 4.79 Å². The van der Waals surface area contributed by atoms with E-state index in [-0.39, 0.29) is 22.8 Å². The highest BCUT2D eigenvalue weighted by Gasteiger charge is 2.51. The molecule has 1 N–H and O–H groups in total. The van der Waals surface area contributed by atoms with Crippen molar-refractivity contribution in [3.8, 4) is 0 Å². The van der Waals surface area contributed by atoms with Crippen LogP contribution in [0.15, 0.2) is 84.9 Å². The number of aromatic amines is 1. The van der Waals surface area contributed by atoms with E-state index in [0.717, 1.165) is 11.1 Å². The zero-order chi connectivity index (χ0) is 21.1. The van der Waals surface area contributed by atoms with Gasteiger partial charge in [0.1, 0.15) is 15.9 Å². The Balaban J connectivity index is 0.00000272. The average molecular weight is 495 g/mol. The summed E-state index contributed by atoms with van der Waals surface area (Å²) in [5.74, 6) is -0.235. The fourth-order valence-electron chi connectivity index (χ4n) is 3.86. The summed E-state index contributed by atoms with van der Waals surface area (Å²) in [4.78, 5) is 20.2. The Morgan fingerprint density at radius 1 is 0.806 bits per heavy atom. The molecule has 1 heterocycles. The van der Waals surface area contributed by atoms with Gasteiger partial charge in [0, 0.05) is 0 Å². The molecular formula is C25H24BrN2O2P. The number of ether oxygens (including phenoxy) is 1. The number of hydrogen-bond donors (Lipinski definition) is 1. The van der Waals surface area contributed by atoms with Gasteiger partial charge in [0.05, 0.1) is 12.8 Å². The van der Waals surface area contributed by atoms with Crippen molar-refractivity contribution in [3.63, 3.8) is 0 Å². The Bertz CT molecular complexity index is 1120. The molecule has 31 heavy (non-hydrogen) atoms. The Morgan fingerprint density at radius 3 is 1.77 bits per heavy atom. The number of H-pyrrole nitrogens is 1. The Hall–Kier alpha value is -2.75. The SMILES string of the molecule is COC(=O)c1nc([P+](c2ccccc2)(c2ccccc2)c2ccc(C)cc2)c(C)[nH]1.[Br-]. The van der Waals surface area contributed by atoms with Gasteiger partial charge >= 0.3 is 5.97 Å². The van der Waals surface area contributed by atoms with Gasteiger partial charge in [-0.2, -0.15) is 4.98 Å². The first-order valence-electron chi connectivity index (χ1n) is 9.80. The van der Waals surface area contributed by atoms with Crippen molar-refractivity contribution in [2.24, 2.45) is 0 Å². The van der Waals surface area contributed by atoms with Crippen LogP contribution in [0.1, 0.15) is 21.9 Å². The molecule has 0 radical (unpaired) electrons. The molecule has 158 valence electrons. The third-order valence-corrected chi connectivity index (χ3v) is 9.55. The van der Waals surface area contributed by atoms with E-state index in [9.17, 15) is 4.79 Å². The molecular weight excluding hydrogens is 471 g/mol. The first-order valence-corrected chi connectivity index (χ1v) is 11.6. The molecule has 0 saturated carbocycles. The molecule has 4 nitrogen and oxygen atoms in total. The lowest BCUT2D eigenvalue weighted by Crippen LogP contribution is -3.00. The molecule has 0 bridgehead atoms. The summed E-state index contributed by atoms with van der Waals surface area (Å²) in [6.07, 6.45) is 0. The predicted octanol–water partition coefficient (Wildman–Crippen LogP) is 0.437. The molecule has 1 aromatic heterocycles. The Morgan fingerprint density at radius 2 is 1.29 bits per heavy atom. The van der Waals surface area contributed by atoms with E-state index < -0.39 is 13.2 Å². The van der Waals surface area contributed by atoms with Crippen LogP contribution in [-0.2, 0) is 4.74 Å². The van der Waals surface area contributed by atoms with Crippen molar-refractivity contribution in [2.45, 2.75) is 13.8 Å². The summed E-state index contributed by atoms with van der Waals surface area (Å²) in [7, 11) is -0.971. The minimum atomic E-state index is -2.34. The predicted molar refractivity (Wildman–Crippen MR) is 124 cm³/mol. The number of hydrogen-bond acceptors (Lipinski definition) is 3. The van der Waals surface area contributed by atoms with Gasteiger partial charge in [-0.05, 0) is 50.2 Å². The molecule has 4 rings (SSSR count). The lowest BCUT2D eigenvalue weighted by Gasteiger charge is -2.26. The van der Waals surface area contributed by atoms with Crippen LogP contribution in [0, 0.1) is 13.8 Å². The van der Waals surface area contributed by atoms with E-state index in [2.05, 4.69) is 84.7 Å². The van der Waals surface area contributed by atoms with Gasteiger partial charge in [0.15, 0.2) is 7.26 Å². The van der Waals surface area contributed by atoms with Crippen LogP contribution in [0.2, 0.25) is 0 Å². The molecule has 0 atom stereocenters. The highest BCUT2D eigenvalue weighted by Crippen LogP contribution is 2.54. The molecule has 0 fully saturated rings. The first kappa shape index (κ1) is 22.9. The molecule has 4 aromatic rings. The number of nitrogens with zero attached hydrogens (tertiary/aromatic N) is 1. The number of benzene rings is 3. The standard InChI is InChI=1S/C25H23N2O2P.BrH/c1-18-14-16-22(17-15-18)30(20-10-6-4-7-11-20,21-12-8-5-9-13-21)24-19(2)26-23(27-24)25(28)29-3;/h4-17H,1-3H3;1H. The maximum Gasteiger partial charge on any atom is 0.374 e. The molecule has 0 saturated heterocycles. The number of methoxy groups -OCH3 is 1. The molecule has 0 aliphatic rings. The van der Waals surface area contributed by atoms with Crippen molar-refractivity contribution in [1.29, 1.82) is 0 Å². The zero-order valence-electron chi connectivity index (χ0n) is 17.7. The highest BCUT2D eigenvalue weighted by molar-refractivity contribution is 8.01. The van der Waals surface area contributed by atoms with Gasteiger partial charge < -0.3 is 26.7 Å². The van der Waals surface area contributed by atoms with Crippen LogP contribution in [-0.4, -0.2) is 23.0 Å². The van der Waals surface area contributed by atoms with Crippen molar-refractivity contribution in [3.05, 3.63) is 102 Å². The molecule has 0 spiro atoms. The quantitative estimate of drug-likeness (QED) is 0.323. The molecule has 0 aliphatic carbocycles. The van der Waals surface area contributed by atoms with E-state index in [1.54, 1.807) is 0 Å². The number of imidazole rings is 1. The third-order valence-electron chi connectivity index (χ3n) is 5.26. The summed E-state index contributed by atoms with van der Waals surface area (Å²) in [5, 5.41) is 3.56. The second kappa shape index (κ2) is 9.59. The summed E-state index contributed by atoms with van der Waals surface area (Å²) < 4.78 is 4.93. The van der Waals surface area contributed by atoms with Crippen LogP contribution in [0.5, 0.6) is 0 Å². The van der Waals surface area contributed by atoms with Crippen molar-refractivity contribution in [1.82, 2.24) is 9.97 Å². The summed E-state index contributed by atoms with van der Waals surface area (Å²) in [5.41, 5.74) is 2.97. The smallest absolute Gasteiger partial charge is 0.374 e. The van der Waals surface area contributed by atoms with Crippen molar-refractivity contribution >= 4 is 34.6 Å². The van der Waals surface area contributed by atoms with Crippen LogP contribution < -0.4 is 38.3 Å². The fourth-order valence-corrected chi connectivity index (χ4v) is 8.13. The Kier molecular flexibility index (Phi) is 7.09. The summed E-state index contributed by atoms with van der Waals surface area (Å²) >= 11 is 0. The minimum absolute atomic E-state index is 0. The number of esters is 1. The minimum Gasteiger partial charge on any atom is -1.00 e. The van der Waals surface area contributed by atoms with E-state index in [0.29, 0.717) is 0 Å². The number of rotatable bonds is 5. The number of aromatic nitrogens is 2. The zero-order valence-corrected chi connectivity index (χ0v) is 20.2. The number of carbonyl (C=O) groups is 1. The van der Waals surface area contributed by atoms with Gasteiger partial charge in [-0.15, -0.1) is 0 Å². The van der Waals surface area contributed by atoms with Gasteiger partial charge in [-0.1, -0.05) is 54.1 Å². The number of halogens is 1. The second-order valence-corrected chi connectivity index (χ2v) is 10.5. The van der Waals surface area contributed by atoms with Crippen LogP contribution in [0.25, 0.3) is 0 Å². The maximum absolute atomic E-state index is 12.3. The van der Waals surface area contributed by atoms with Crippen molar-refractivity contribution in [2.75, 3.05) is 7.11 Å². The normalized spacial score (nSPS) is 10.9. The highest BCUT2D eigenvalue weighted by atomic mass is 79.9. The van der Waals surface area contributed by atoms with Crippen LogP contribution in [0.3, 0.4) is 0 Å². The topological polar surface area (TPSA) is 55.0 Å². The lowest BCUT2D eigenvalue weighted by atomic mass is 10.2. The van der Waals surface area contributed by atoms with Crippen molar-refractivity contribution < 1.29 is 26.5 Å². The molecule has 3 aromatic carbocycles. The lowest BCUT2D eigenvalue weighted by molar-refractivity contribution is -0.0000204. The molecule has 0 amide bonds. The van der Waals surface area contributed by atoms with Crippen LogP contribution in [0.4, 0.5) is 0 Å². The third kappa shape index (κ3) is 4.08. The maximum atomic E-state index is 12.3. The Labute approximate surface area is 193 Å². The number of aryl methyl sites for hydroxylation is 2. The van der Waals surface area contributed by atoms with Gasteiger partial charge in [0.25, 0.3) is 0 Å². The number of carbonyl (C=O) groups excluding carboxylic acids is 1. The van der Waals surface area contributed by atoms with Gasteiger partial charge in [-0.3, -0.25) is 0 Å².